The molecule has 0 saturated heterocycles. The highest BCUT2D eigenvalue weighted by atomic mass is 79.9. The minimum absolute atomic E-state index is 0.575. The summed E-state index contributed by atoms with van der Waals surface area (Å²) in [4.78, 5) is 0. The van der Waals surface area contributed by atoms with E-state index in [0.29, 0.717) is 5.15 Å². The van der Waals surface area contributed by atoms with Crippen molar-refractivity contribution >= 4 is 38.7 Å². The predicted octanol–water partition coefficient (Wildman–Crippen LogP) is 3.25. The Labute approximate surface area is 77.9 Å². The molecule has 0 amide bonds. The fourth-order valence-electron chi connectivity index (χ4n) is 1.02. The Bertz CT molecular complexity index is 394. The molecule has 1 heterocycles. The number of fused-ring (bicyclic) bond motifs is 1. The van der Waals surface area contributed by atoms with Crippen LogP contribution in [0.25, 0.3) is 10.9 Å². The molecule has 1 aromatic heterocycles. The van der Waals surface area contributed by atoms with Gasteiger partial charge in [0.1, 0.15) is 5.15 Å². The quantitative estimate of drug-likeness (QED) is 0.653. The Balaban J connectivity index is 2.92. The maximum absolute atomic E-state index is 5.81. The summed E-state index contributed by atoms with van der Waals surface area (Å²) in [5, 5.41) is 1.60. The molecular weight excluding hydrogens is 225 g/mol. The molecule has 0 aliphatic carbocycles. The number of hydrogen-bond donors (Lipinski definition) is 0. The molecule has 0 aliphatic rings. The number of nitrogens with zero attached hydrogens (tertiary/aromatic N) is 1. The SMILES string of the molecule is Clc1[c]c2ccccc2n1Br. The van der Waals surface area contributed by atoms with Crippen LogP contribution in [0.15, 0.2) is 24.3 Å². The molecule has 1 radical (unpaired) electrons. The molecule has 0 N–H and O–H groups in total. The number of benzene rings is 1. The Kier molecular flexibility index (Phi) is 1.66. The number of para-hydroxylation sites is 1. The van der Waals surface area contributed by atoms with Gasteiger partial charge in [0.25, 0.3) is 0 Å². The second-order valence-corrected chi connectivity index (χ2v) is 3.28. The van der Waals surface area contributed by atoms with Gasteiger partial charge in [-0.05, 0) is 6.07 Å². The van der Waals surface area contributed by atoms with Crippen molar-refractivity contribution in [3.63, 3.8) is 0 Å². The lowest BCUT2D eigenvalue weighted by atomic mass is 10.3. The van der Waals surface area contributed by atoms with Crippen LogP contribution in [-0.2, 0) is 0 Å². The smallest absolute Gasteiger partial charge is 0.128 e. The van der Waals surface area contributed by atoms with Crippen molar-refractivity contribution in [3.8, 4) is 0 Å². The first-order chi connectivity index (χ1) is 5.29. The zero-order valence-electron chi connectivity index (χ0n) is 5.51. The lowest BCUT2D eigenvalue weighted by Gasteiger charge is -1.91. The molecule has 2 rings (SSSR count). The zero-order chi connectivity index (χ0) is 7.84. The van der Waals surface area contributed by atoms with E-state index in [2.05, 4.69) is 22.2 Å². The lowest BCUT2D eigenvalue weighted by molar-refractivity contribution is 1.38. The van der Waals surface area contributed by atoms with Gasteiger partial charge in [0.2, 0.25) is 0 Å². The van der Waals surface area contributed by atoms with Crippen LogP contribution in [-0.4, -0.2) is 3.59 Å². The third kappa shape index (κ3) is 1.06. The van der Waals surface area contributed by atoms with E-state index in [-0.39, 0.29) is 0 Å². The summed E-state index contributed by atoms with van der Waals surface area (Å²) in [7, 11) is 0. The molecule has 1 aromatic carbocycles. The van der Waals surface area contributed by atoms with Crippen molar-refractivity contribution in [2.24, 2.45) is 0 Å². The predicted molar refractivity (Wildman–Crippen MR) is 50.1 cm³/mol. The van der Waals surface area contributed by atoms with Gasteiger partial charge in [-0.15, -0.1) is 0 Å². The molecule has 3 heteroatoms. The highest BCUT2D eigenvalue weighted by molar-refractivity contribution is 9.08. The first-order valence-corrected chi connectivity index (χ1v) is 4.22. The van der Waals surface area contributed by atoms with E-state index in [9.17, 15) is 0 Å². The van der Waals surface area contributed by atoms with Crippen molar-refractivity contribution in [1.82, 2.24) is 3.59 Å². The third-order valence-corrected chi connectivity index (χ3v) is 2.73. The fraction of sp³-hybridized carbons (Fsp3) is 0. The monoisotopic (exact) mass is 228 g/mol. The highest BCUT2D eigenvalue weighted by Crippen LogP contribution is 2.24. The summed E-state index contributed by atoms with van der Waals surface area (Å²) in [5.74, 6) is 0. The van der Waals surface area contributed by atoms with E-state index >= 15 is 0 Å². The van der Waals surface area contributed by atoms with E-state index in [4.69, 9.17) is 11.6 Å². The molecule has 2 aromatic rings. The number of halogens is 2. The largest absolute Gasteiger partial charge is 0.265 e. The van der Waals surface area contributed by atoms with Gasteiger partial charge in [-0.1, -0.05) is 29.8 Å². The summed E-state index contributed by atoms with van der Waals surface area (Å²) in [6, 6.07) is 10.9. The van der Waals surface area contributed by atoms with Crippen molar-refractivity contribution in [2.75, 3.05) is 0 Å². The van der Waals surface area contributed by atoms with E-state index in [1.165, 1.54) is 0 Å². The minimum Gasteiger partial charge on any atom is -0.265 e. The Morgan fingerprint density at radius 3 is 2.82 bits per heavy atom. The first kappa shape index (κ1) is 7.19. The van der Waals surface area contributed by atoms with E-state index < -0.39 is 0 Å². The van der Waals surface area contributed by atoms with Gasteiger partial charge in [0.05, 0.1) is 21.7 Å². The molecule has 0 unspecified atom stereocenters. The van der Waals surface area contributed by atoms with Crippen LogP contribution >= 0.6 is 27.7 Å². The maximum atomic E-state index is 5.81. The van der Waals surface area contributed by atoms with Gasteiger partial charge >= 0.3 is 0 Å². The van der Waals surface area contributed by atoms with Gasteiger partial charge < -0.3 is 0 Å². The van der Waals surface area contributed by atoms with Crippen molar-refractivity contribution < 1.29 is 0 Å². The minimum atomic E-state index is 0.575. The first-order valence-electron chi connectivity index (χ1n) is 3.13. The summed E-state index contributed by atoms with van der Waals surface area (Å²) < 4.78 is 1.73. The van der Waals surface area contributed by atoms with Crippen molar-refractivity contribution in [2.45, 2.75) is 0 Å². The highest BCUT2D eigenvalue weighted by Gasteiger charge is 2.02. The Hall–Kier alpha value is -0.470. The standard InChI is InChI=1S/C8H4BrClN/c9-11-7-4-2-1-3-6(7)5-8(11)10/h1-4H. The molecule has 0 aliphatic heterocycles. The van der Waals surface area contributed by atoms with Crippen LogP contribution < -0.4 is 0 Å². The Morgan fingerprint density at radius 2 is 2.09 bits per heavy atom. The lowest BCUT2D eigenvalue weighted by Crippen LogP contribution is -1.75. The maximum Gasteiger partial charge on any atom is 0.128 e. The van der Waals surface area contributed by atoms with Crippen molar-refractivity contribution in [3.05, 3.63) is 35.5 Å². The fourth-order valence-corrected chi connectivity index (χ4v) is 1.61. The summed E-state index contributed by atoms with van der Waals surface area (Å²) in [6.45, 7) is 0. The van der Waals surface area contributed by atoms with Crippen LogP contribution in [0.4, 0.5) is 0 Å². The molecule has 0 saturated carbocycles. The summed E-state index contributed by atoms with van der Waals surface area (Å²) in [5.41, 5.74) is 1.04. The molecule has 1 nitrogen and oxygen atoms in total. The van der Waals surface area contributed by atoms with Gasteiger partial charge in [0, 0.05) is 11.5 Å². The molecule has 0 spiro atoms. The van der Waals surface area contributed by atoms with Crippen LogP contribution in [0.3, 0.4) is 0 Å². The van der Waals surface area contributed by atoms with Gasteiger partial charge in [-0.2, -0.15) is 0 Å². The Morgan fingerprint density at radius 1 is 1.36 bits per heavy atom. The third-order valence-electron chi connectivity index (χ3n) is 1.53. The number of hydrogen-bond acceptors (Lipinski definition) is 0. The summed E-state index contributed by atoms with van der Waals surface area (Å²) in [6.07, 6.45) is 0. The average Bonchev–Trinajstić information content (AvgIpc) is 2.30. The van der Waals surface area contributed by atoms with Crippen LogP contribution in [0.5, 0.6) is 0 Å². The van der Waals surface area contributed by atoms with E-state index in [1.807, 2.05) is 24.3 Å². The van der Waals surface area contributed by atoms with Crippen LogP contribution in [0.1, 0.15) is 0 Å². The van der Waals surface area contributed by atoms with Crippen molar-refractivity contribution in [1.29, 1.82) is 0 Å². The second-order valence-electron chi connectivity index (χ2n) is 2.21. The van der Waals surface area contributed by atoms with Gasteiger partial charge in [-0.3, -0.25) is 3.59 Å². The molecule has 0 bridgehead atoms. The molecule has 55 valence electrons. The number of aromatic nitrogens is 1. The molecule has 0 atom stereocenters. The second kappa shape index (κ2) is 2.54. The zero-order valence-corrected chi connectivity index (χ0v) is 7.85. The van der Waals surface area contributed by atoms with E-state index in [0.717, 1.165) is 10.9 Å². The van der Waals surface area contributed by atoms with Gasteiger partial charge in [0.15, 0.2) is 0 Å². The summed E-state index contributed by atoms with van der Waals surface area (Å²) >= 11 is 9.12. The average molecular weight is 229 g/mol. The van der Waals surface area contributed by atoms with Crippen LogP contribution in [0.2, 0.25) is 5.15 Å². The van der Waals surface area contributed by atoms with Crippen LogP contribution in [0, 0.1) is 6.07 Å². The molecular formula is C8H4BrClN. The van der Waals surface area contributed by atoms with E-state index in [1.54, 1.807) is 3.59 Å². The molecule has 11 heavy (non-hydrogen) atoms. The topological polar surface area (TPSA) is 4.93 Å². The normalized spacial score (nSPS) is 10.7. The van der Waals surface area contributed by atoms with Gasteiger partial charge in [-0.25, -0.2) is 0 Å². The number of rotatable bonds is 0. The molecule has 0 fully saturated rings.